The minimum absolute atomic E-state index is 0.0341. The number of nitrogens with zero attached hydrogens (tertiary/aromatic N) is 2. The molecule has 2 amide bonds. The van der Waals surface area contributed by atoms with Crippen LogP contribution >= 0.6 is 15.9 Å². The number of halogens is 1. The summed E-state index contributed by atoms with van der Waals surface area (Å²) in [5.41, 5.74) is 1.94. The SMILES string of the molecule is CCNC(=O)[C@H](Cc1ccccc1)N(Cc1cccc(Br)c1)C(=O)CN(c1ccc2c(c1)OCO2)S(=O)(=O)CC. The van der Waals surface area contributed by atoms with Crippen molar-refractivity contribution in [3.8, 4) is 11.5 Å². The first-order valence-electron chi connectivity index (χ1n) is 13.0. The van der Waals surface area contributed by atoms with Gasteiger partial charge < -0.3 is 19.7 Å². The maximum atomic E-state index is 14.1. The van der Waals surface area contributed by atoms with Gasteiger partial charge in [-0.25, -0.2) is 8.42 Å². The molecular formula is C29H32BrN3O6S. The maximum absolute atomic E-state index is 14.1. The van der Waals surface area contributed by atoms with E-state index >= 15 is 0 Å². The molecule has 212 valence electrons. The van der Waals surface area contributed by atoms with Crippen molar-refractivity contribution in [3.63, 3.8) is 0 Å². The molecule has 0 saturated carbocycles. The number of benzene rings is 3. The maximum Gasteiger partial charge on any atom is 0.244 e. The quantitative estimate of drug-likeness (QED) is 0.323. The zero-order chi connectivity index (χ0) is 28.7. The van der Waals surface area contributed by atoms with Gasteiger partial charge in [-0.3, -0.25) is 13.9 Å². The third kappa shape index (κ3) is 7.14. The fraction of sp³-hybridized carbons (Fsp3) is 0.310. The summed E-state index contributed by atoms with van der Waals surface area (Å²) in [5.74, 6) is -0.148. The first-order valence-corrected chi connectivity index (χ1v) is 15.4. The monoisotopic (exact) mass is 629 g/mol. The molecule has 40 heavy (non-hydrogen) atoms. The van der Waals surface area contributed by atoms with E-state index < -0.39 is 28.5 Å². The number of rotatable bonds is 12. The van der Waals surface area contributed by atoms with Crippen molar-refractivity contribution in [3.05, 3.63) is 88.4 Å². The summed E-state index contributed by atoms with van der Waals surface area (Å²) in [7, 11) is -3.87. The number of anilines is 1. The Hall–Kier alpha value is -3.57. The molecule has 3 aromatic carbocycles. The molecule has 1 aliphatic heterocycles. The molecular weight excluding hydrogens is 598 g/mol. The Labute approximate surface area is 243 Å². The normalized spacial score (nSPS) is 13.0. The number of ether oxygens (including phenoxy) is 2. The topological polar surface area (TPSA) is 105 Å². The summed E-state index contributed by atoms with van der Waals surface area (Å²) in [6, 6.07) is 20.7. The summed E-state index contributed by atoms with van der Waals surface area (Å²) in [6.45, 7) is 3.37. The second-order valence-electron chi connectivity index (χ2n) is 9.20. The van der Waals surface area contributed by atoms with Crippen LogP contribution in [0.3, 0.4) is 0 Å². The second kappa shape index (κ2) is 13.2. The van der Waals surface area contributed by atoms with Gasteiger partial charge in [0.05, 0.1) is 11.4 Å². The molecule has 1 N–H and O–H groups in total. The van der Waals surface area contributed by atoms with E-state index in [1.807, 2.05) is 61.5 Å². The fourth-order valence-electron chi connectivity index (χ4n) is 4.44. The Morgan fingerprint density at radius 2 is 1.68 bits per heavy atom. The van der Waals surface area contributed by atoms with Crippen molar-refractivity contribution in [2.75, 3.05) is 29.9 Å². The molecule has 11 heteroatoms. The second-order valence-corrected chi connectivity index (χ2v) is 12.3. The summed E-state index contributed by atoms with van der Waals surface area (Å²) in [4.78, 5) is 29.0. The van der Waals surface area contributed by atoms with Gasteiger partial charge in [0, 0.05) is 30.0 Å². The van der Waals surface area contributed by atoms with Crippen LogP contribution in [0.2, 0.25) is 0 Å². The van der Waals surface area contributed by atoms with Gasteiger partial charge in [0.15, 0.2) is 11.5 Å². The number of fused-ring (bicyclic) bond motifs is 1. The zero-order valence-corrected chi connectivity index (χ0v) is 24.8. The lowest BCUT2D eigenvalue weighted by Crippen LogP contribution is -2.53. The van der Waals surface area contributed by atoms with Gasteiger partial charge in [0.25, 0.3) is 0 Å². The van der Waals surface area contributed by atoms with E-state index in [1.54, 1.807) is 18.2 Å². The van der Waals surface area contributed by atoms with Gasteiger partial charge >= 0.3 is 0 Å². The summed E-state index contributed by atoms with van der Waals surface area (Å²) in [6.07, 6.45) is 0.261. The van der Waals surface area contributed by atoms with E-state index in [4.69, 9.17) is 9.47 Å². The van der Waals surface area contributed by atoms with Crippen molar-refractivity contribution in [1.82, 2.24) is 10.2 Å². The average molecular weight is 631 g/mol. The molecule has 0 fully saturated rings. The molecule has 1 aliphatic rings. The van der Waals surface area contributed by atoms with Gasteiger partial charge in [-0.15, -0.1) is 0 Å². The number of hydrogen-bond donors (Lipinski definition) is 1. The van der Waals surface area contributed by atoms with Crippen LogP contribution in [0.4, 0.5) is 5.69 Å². The molecule has 0 radical (unpaired) electrons. The van der Waals surface area contributed by atoms with E-state index in [9.17, 15) is 18.0 Å². The smallest absolute Gasteiger partial charge is 0.244 e. The van der Waals surface area contributed by atoms with Gasteiger partial charge in [-0.2, -0.15) is 0 Å². The Morgan fingerprint density at radius 3 is 2.38 bits per heavy atom. The Morgan fingerprint density at radius 1 is 0.950 bits per heavy atom. The number of carbonyl (C=O) groups is 2. The summed E-state index contributed by atoms with van der Waals surface area (Å²) >= 11 is 3.47. The largest absolute Gasteiger partial charge is 0.454 e. The minimum atomic E-state index is -3.87. The van der Waals surface area contributed by atoms with Crippen LogP contribution in [-0.4, -0.2) is 56.8 Å². The van der Waals surface area contributed by atoms with Crippen molar-refractivity contribution in [2.45, 2.75) is 32.9 Å². The predicted octanol–water partition coefficient (Wildman–Crippen LogP) is 4.11. The van der Waals surface area contributed by atoms with E-state index in [0.717, 1.165) is 19.9 Å². The molecule has 0 bridgehead atoms. The number of likely N-dealkylation sites (N-methyl/N-ethyl adjacent to an activating group) is 1. The average Bonchev–Trinajstić information content (AvgIpc) is 3.42. The molecule has 1 atom stereocenters. The molecule has 1 heterocycles. The van der Waals surface area contributed by atoms with Crippen LogP contribution in [0.1, 0.15) is 25.0 Å². The van der Waals surface area contributed by atoms with Crippen molar-refractivity contribution >= 4 is 43.5 Å². The van der Waals surface area contributed by atoms with Crippen molar-refractivity contribution in [2.24, 2.45) is 0 Å². The molecule has 9 nitrogen and oxygen atoms in total. The highest BCUT2D eigenvalue weighted by atomic mass is 79.9. The Balaban J connectivity index is 1.73. The van der Waals surface area contributed by atoms with Crippen LogP contribution in [0.5, 0.6) is 11.5 Å². The lowest BCUT2D eigenvalue weighted by Gasteiger charge is -2.33. The molecule has 4 rings (SSSR count). The van der Waals surface area contributed by atoms with Crippen LogP contribution < -0.4 is 19.1 Å². The first-order chi connectivity index (χ1) is 19.2. The van der Waals surface area contributed by atoms with Gasteiger partial charge in [0.2, 0.25) is 28.6 Å². The third-order valence-electron chi connectivity index (χ3n) is 6.49. The third-order valence-corrected chi connectivity index (χ3v) is 8.72. The summed E-state index contributed by atoms with van der Waals surface area (Å²) < 4.78 is 39.2. The van der Waals surface area contributed by atoms with Crippen LogP contribution in [0.25, 0.3) is 0 Å². The number of amides is 2. The van der Waals surface area contributed by atoms with E-state index in [1.165, 1.54) is 11.8 Å². The van der Waals surface area contributed by atoms with E-state index in [0.29, 0.717) is 18.0 Å². The molecule has 3 aromatic rings. The van der Waals surface area contributed by atoms with E-state index in [2.05, 4.69) is 21.2 Å². The molecule has 0 aliphatic carbocycles. The molecule has 0 spiro atoms. The van der Waals surface area contributed by atoms with Crippen LogP contribution in [0, 0.1) is 0 Å². The first kappa shape index (κ1) is 29.4. The van der Waals surface area contributed by atoms with Gasteiger partial charge in [-0.1, -0.05) is 58.4 Å². The minimum Gasteiger partial charge on any atom is -0.454 e. The fourth-order valence-corrected chi connectivity index (χ4v) is 5.94. The number of carbonyl (C=O) groups excluding carboxylic acids is 2. The van der Waals surface area contributed by atoms with Crippen molar-refractivity contribution in [1.29, 1.82) is 0 Å². The molecule has 0 unspecified atom stereocenters. The molecule has 0 aromatic heterocycles. The predicted molar refractivity (Wildman–Crippen MR) is 157 cm³/mol. The highest BCUT2D eigenvalue weighted by molar-refractivity contribution is 9.10. The summed E-state index contributed by atoms with van der Waals surface area (Å²) in [5, 5.41) is 2.85. The van der Waals surface area contributed by atoms with Gasteiger partial charge in [0.1, 0.15) is 12.6 Å². The lowest BCUT2D eigenvalue weighted by molar-refractivity contribution is -0.140. The molecule has 0 saturated heterocycles. The van der Waals surface area contributed by atoms with Crippen molar-refractivity contribution < 1.29 is 27.5 Å². The number of sulfonamides is 1. The van der Waals surface area contributed by atoms with Gasteiger partial charge in [-0.05, 0) is 49.2 Å². The number of nitrogens with one attached hydrogen (secondary N) is 1. The lowest BCUT2D eigenvalue weighted by atomic mass is 10.0. The Bertz CT molecular complexity index is 1450. The highest BCUT2D eigenvalue weighted by Gasteiger charge is 2.34. The zero-order valence-electron chi connectivity index (χ0n) is 22.4. The Kier molecular flexibility index (Phi) is 9.70. The van der Waals surface area contributed by atoms with Crippen LogP contribution in [0.15, 0.2) is 77.3 Å². The standard InChI is InChI=1S/C29H32BrN3O6S/c1-3-31-29(35)25(16-21-9-6-5-7-10-21)32(18-22-11-8-12-23(30)15-22)28(34)19-33(40(36,37)4-2)24-13-14-26-27(17-24)39-20-38-26/h5-15,17,25H,3-4,16,18-20H2,1-2H3,(H,31,35)/t25-/m0/s1. The van der Waals surface area contributed by atoms with Crippen LogP contribution in [-0.2, 0) is 32.6 Å². The number of hydrogen-bond acceptors (Lipinski definition) is 6. The highest BCUT2D eigenvalue weighted by Crippen LogP contribution is 2.36. The van der Waals surface area contributed by atoms with E-state index in [-0.39, 0.29) is 37.1 Å².